The monoisotopic (exact) mass is 375 g/mol. The lowest BCUT2D eigenvalue weighted by molar-refractivity contribution is -0.114. The number of aromatic nitrogens is 3. The maximum atomic E-state index is 12.2. The van der Waals surface area contributed by atoms with E-state index in [0.29, 0.717) is 11.6 Å². The summed E-state index contributed by atoms with van der Waals surface area (Å²) in [5.41, 5.74) is 11.1. The van der Waals surface area contributed by atoms with Gasteiger partial charge in [0.05, 0.1) is 11.7 Å². The molecule has 0 radical (unpaired) electrons. The topological polar surface area (TPSA) is 86.3 Å². The van der Waals surface area contributed by atoms with Gasteiger partial charge in [-0.3, -0.25) is 19.4 Å². The van der Waals surface area contributed by atoms with Crippen molar-refractivity contribution in [2.75, 3.05) is 4.90 Å². The van der Waals surface area contributed by atoms with Crippen LogP contribution in [0.25, 0.3) is 10.9 Å². The lowest BCUT2D eigenvalue weighted by Crippen LogP contribution is -2.31. The highest BCUT2D eigenvalue weighted by Crippen LogP contribution is 2.49. The number of aryl methyl sites for hydroxylation is 2. The lowest BCUT2D eigenvalue weighted by Gasteiger charge is -2.29. The molecule has 0 spiro atoms. The zero-order valence-electron chi connectivity index (χ0n) is 15.8. The first-order valence-electron chi connectivity index (χ1n) is 9.36. The molecular weight excluding hydrogens is 354 g/mol. The smallest absolute Gasteiger partial charge is 0.268 e. The number of hydrogen-bond acceptors (Lipinski definition) is 5. The van der Waals surface area contributed by atoms with Crippen LogP contribution in [0.1, 0.15) is 41.8 Å². The molecule has 1 saturated carbocycles. The summed E-state index contributed by atoms with van der Waals surface area (Å²) in [5.74, 6) is -0.0369. The Morgan fingerprint density at radius 3 is 2.82 bits per heavy atom. The molecule has 3 heterocycles. The van der Waals surface area contributed by atoms with Gasteiger partial charge in [-0.05, 0) is 55.5 Å². The first kappa shape index (κ1) is 16.8. The van der Waals surface area contributed by atoms with Crippen LogP contribution in [0.2, 0.25) is 0 Å². The fourth-order valence-corrected chi connectivity index (χ4v) is 3.89. The molecule has 1 aliphatic carbocycles. The summed E-state index contributed by atoms with van der Waals surface area (Å²) in [7, 11) is 1.94. The third-order valence-electron chi connectivity index (χ3n) is 5.43. The van der Waals surface area contributed by atoms with Crippen LogP contribution >= 0.6 is 0 Å². The summed E-state index contributed by atoms with van der Waals surface area (Å²) in [6.45, 7) is 1.93. The standard InChI is InChI=1S/C21H21N5O2/c1-12-7-14(5-6-23-12)21-26(19(11-28-21)20(22)27)18-8-15-10-24-25(2)17(15)9-16(18)13-3-4-13/h5-11,13,21H,3-4H2,1-2H3,(H2,22,27). The molecule has 1 unspecified atom stereocenters. The molecule has 1 fully saturated rings. The van der Waals surface area contributed by atoms with E-state index >= 15 is 0 Å². The zero-order chi connectivity index (χ0) is 19.4. The number of pyridine rings is 1. The van der Waals surface area contributed by atoms with Gasteiger partial charge < -0.3 is 10.5 Å². The molecule has 1 aromatic carbocycles. The molecule has 7 nitrogen and oxygen atoms in total. The molecule has 3 aromatic rings. The van der Waals surface area contributed by atoms with Crippen molar-refractivity contribution in [1.29, 1.82) is 0 Å². The number of nitrogens with two attached hydrogens (primary N) is 1. The van der Waals surface area contributed by atoms with Crippen LogP contribution < -0.4 is 10.6 Å². The predicted octanol–water partition coefficient (Wildman–Crippen LogP) is 3.02. The molecule has 28 heavy (non-hydrogen) atoms. The van der Waals surface area contributed by atoms with Crippen LogP contribution in [0.3, 0.4) is 0 Å². The molecule has 1 amide bonds. The number of carbonyl (C=O) groups excluding carboxylic acids is 1. The molecule has 2 aliphatic rings. The molecule has 2 aromatic heterocycles. The molecule has 0 bridgehead atoms. The average molecular weight is 375 g/mol. The Hall–Kier alpha value is -3.35. The summed E-state index contributed by atoms with van der Waals surface area (Å²) < 4.78 is 7.80. The van der Waals surface area contributed by atoms with Crippen LogP contribution in [-0.4, -0.2) is 20.7 Å². The molecule has 1 aliphatic heterocycles. The van der Waals surface area contributed by atoms with Gasteiger partial charge in [0.15, 0.2) is 0 Å². The second kappa shape index (κ2) is 6.09. The number of primary amides is 1. The Kier molecular flexibility index (Phi) is 3.65. The van der Waals surface area contributed by atoms with Gasteiger partial charge in [0.1, 0.15) is 12.0 Å². The number of hydrogen-bond donors (Lipinski definition) is 1. The van der Waals surface area contributed by atoms with Gasteiger partial charge in [0.2, 0.25) is 6.23 Å². The number of benzene rings is 1. The van der Waals surface area contributed by atoms with Crippen LogP contribution in [0.4, 0.5) is 5.69 Å². The zero-order valence-corrected chi connectivity index (χ0v) is 15.8. The highest BCUT2D eigenvalue weighted by atomic mass is 16.5. The van der Waals surface area contributed by atoms with Crippen molar-refractivity contribution in [2.45, 2.75) is 31.9 Å². The van der Waals surface area contributed by atoms with E-state index in [2.05, 4.69) is 22.2 Å². The Balaban J connectivity index is 1.70. The van der Waals surface area contributed by atoms with E-state index in [0.717, 1.165) is 40.7 Å². The van der Waals surface area contributed by atoms with Gasteiger partial charge in [-0.1, -0.05) is 0 Å². The number of rotatable bonds is 4. The summed E-state index contributed by atoms with van der Waals surface area (Å²) in [6.07, 6.45) is 6.87. The third kappa shape index (κ3) is 2.62. The maximum absolute atomic E-state index is 12.2. The number of amides is 1. The Labute approximate surface area is 162 Å². The Morgan fingerprint density at radius 1 is 1.29 bits per heavy atom. The van der Waals surface area contributed by atoms with Gasteiger partial charge in [0.25, 0.3) is 5.91 Å². The summed E-state index contributed by atoms with van der Waals surface area (Å²) >= 11 is 0. The number of fused-ring (bicyclic) bond motifs is 1. The van der Waals surface area contributed by atoms with Gasteiger partial charge in [0, 0.05) is 35.6 Å². The van der Waals surface area contributed by atoms with E-state index in [1.54, 1.807) is 6.20 Å². The van der Waals surface area contributed by atoms with Crippen molar-refractivity contribution in [2.24, 2.45) is 12.8 Å². The highest BCUT2D eigenvalue weighted by Gasteiger charge is 2.38. The van der Waals surface area contributed by atoms with Crippen molar-refractivity contribution in [3.63, 3.8) is 0 Å². The Bertz CT molecular complexity index is 1130. The van der Waals surface area contributed by atoms with Gasteiger partial charge in [-0.15, -0.1) is 0 Å². The van der Waals surface area contributed by atoms with Crippen molar-refractivity contribution in [3.05, 3.63) is 65.4 Å². The van der Waals surface area contributed by atoms with E-state index in [1.165, 1.54) is 11.8 Å². The van der Waals surface area contributed by atoms with Crippen LogP contribution in [0.15, 0.2) is 48.6 Å². The summed E-state index contributed by atoms with van der Waals surface area (Å²) in [5, 5.41) is 5.40. The first-order valence-corrected chi connectivity index (χ1v) is 9.36. The van der Waals surface area contributed by atoms with E-state index in [9.17, 15) is 4.79 Å². The van der Waals surface area contributed by atoms with Crippen molar-refractivity contribution >= 4 is 22.5 Å². The van der Waals surface area contributed by atoms with Crippen molar-refractivity contribution < 1.29 is 9.53 Å². The normalized spacial score (nSPS) is 19.0. The minimum atomic E-state index is -0.513. The first-order chi connectivity index (χ1) is 13.5. The molecule has 5 rings (SSSR count). The summed E-state index contributed by atoms with van der Waals surface area (Å²) in [6, 6.07) is 8.14. The molecule has 0 saturated heterocycles. The quantitative estimate of drug-likeness (QED) is 0.757. The number of nitrogens with zero attached hydrogens (tertiary/aromatic N) is 4. The minimum Gasteiger partial charge on any atom is -0.471 e. The minimum absolute atomic E-state index is 0.351. The highest BCUT2D eigenvalue weighted by molar-refractivity contribution is 5.98. The number of anilines is 1. The average Bonchev–Trinajstić information content (AvgIpc) is 3.32. The molecule has 142 valence electrons. The maximum Gasteiger partial charge on any atom is 0.268 e. The number of ether oxygens (including phenoxy) is 1. The predicted molar refractivity (Wildman–Crippen MR) is 105 cm³/mol. The molecule has 7 heteroatoms. The second-order valence-corrected chi connectivity index (χ2v) is 7.47. The Morgan fingerprint density at radius 2 is 2.11 bits per heavy atom. The van der Waals surface area contributed by atoms with Crippen LogP contribution in [0, 0.1) is 6.92 Å². The SMILES string of the molecule is Cc1cc(C2OC=C(C(N)=O)N2c2cc3cnn(C)c3cc2C2CC2)ccn1. The van der Waals surface area contributed by atoms with Gasteiger partial charge in [-0.25, -0.2) is 0 Å². The van der Waals surface area contributed by atoms with E-state index in [4.69, 9.17) is 10.5 Å². The van der Waals surface area contributed by atoms with Crippen LogP contribution in [0.5, 0.6) is 0 Å². The summed E-state index contributed by atoms with van der Waals surface area (Å²) in [4.78, 5) is 18.4. The largest absolute Gasteiger partial charge is 0.471 e. The third-order valence-corrected chi connectivity index (χ3v) is 5.43. The number of carbonyl (C=O) groups is 1. The molecule has 2 N–H and O–H groups in total. The second-order valence-electron chi connectivity index (χ2n) is 7.47. The van der Waals surface area contributed by atoms with E-state index in [-0.39, 0.29) is 0 Å². The van der Waals surface area contributed by atoms with Crippen molar-refractivity contribution in [1.82, 2.24) is 14.8 Å². The fraction of sp³-hybridized carbons (Fsp3) is 0.286. The van der Waals surface area contributed by atoms with Gasteiger partial charge >= 0.3 is 0 Å². The molecular formula is C21H21N5O2. The fourth-order valence-electron chi connectivity index (χ4n) is 3.89. The van der Waals surface area contributed by atoms with E-state index < -0.39 is 12.1 Å². The lowest BCUT2D eigenvalue weighted by atomic mass is 10.0. The van der Waals surface area contributed by atoms with E-state index in [1.807, 2.05) is 41.9 Å². The van der Waals surface area contributed by atoms with Crippen LogP contribution in [-0.2, 0) is 16.6 Å². The van der Waals surface area contributed by atoms with Crippen molar-refractivity contribution in [3.8, 4) is 0 Å². The van der Waals surface area contributed by atoms with Gasteiger partial charge in [-0.2, -0.15) is 5.10 Å². The molecule has 1 atom stereocenters.